The lowest BCUT2D eigenvalue weighted by Crippen LogP contribution is -2.70. The monoisotopic (exact) mass is 456 g/mol. The Kier molecular flexibility index (Phi) is 5.06. The van der Waals surface area contributed by atoms with Crippen molar-refractivity contribution in [3.8, 4) is 5.75 Å². The minimum absolute atomic E-state index is 0.000553. The Bertz CT molecular complexity index is 971. The summed E-state index contributed by atoms with van der Waals surface area (Å²) in [5.41, 5.74) is 0.743. The van der Waals surface area contributed by atoms with E-state index in [-0.39, 0.29) is 39.7 Å². The maximum Gasteiger partial charge on any atom is 0.337 e. The Hall–Kier alpha value is -1.59. The van der Waals surface area contributed by atoms with Gasteiger partial charge in [0.05, 0.1) is 24.9 Å². The van der Waals surface area contributed by atoms with Crippen molar-refractivity contribution in [2.45, 2.75) is 91.0 Å². The van der Waals surface area contributed by atoms with Gasteiger partial charge in [-0.3, -0.25) is 0 Å². The molecule has 0 aromatic heterocycles. The van der Waals surface area contributed by atoms with Crippen molar-refractivity contribution >= 4 is 5.97 Å². The van der Waals surface area contributed by atoms with Crippen LogP contribution in [0.25, 0.3) is 0 Å². The lowest BCUT2D eigenvalue weighted by atomic mass is 9.36. The molecule has 0 saturated heterocycles. The second kappa shape index (κ2) is 7.21. The van der Waals surface area contributed by atoms with Crippen LogP contribution in [0.5, 0.6) is 5.75 Å². The highest BCUT2D eigenvalue weighted by atomic mass is 16.5. The average molecular weight is 457 g/mol. The zero-order valence-electron chi connectivity index (χ0n) is 21.0. The van der Waals surface area contributed by atoms with E-state index in [0.29, 0.717) is 11.5 Å². The Balaban J connectivity index is 1.58. The van der Waals surface area contributed by atoms with E-state index in [0.717, 1.165) is 49.8 Å². The largest absolute Gasteiger partial charge is 0.487 e. The molecule has 0 unspecified atom stereocenters. The summed E-state index contributed by atoms with van der Waals surface area (Å²) in [7, 11) is 1.40. The van der Waals surface area contributed by atoms with Gasteiger partial charge in [0.25, 0.3) is 0 Å². The van der Waals surface area contributed by atoms with Gasteiger partial charge in [-0.15, -0.1) is 0 Å². The van der Waals surface area contributed by atoms with Crippen LogP contribution < -0.4 is 4.74 Å². The molecule has 0 spiro atoms. The smallest absolute Gasteiger partial charge is 0.337 e. The first-order valence-corrected chi connectivity index (χ1v) is 12.6. The first-order valence-electron chi connectivity index (χ1n) is 12.6. The second-order valence-electron chi connectivity index (χ2n) is 12.7. The summed E-state index contributed by atoms with van der Waals surface area (Å²) in [6.07, 6.45) is 4.34. The van der Waals surface area contributed by atoms with Crippen molar-refractivity contribution in [2.24, 2.45) is 34.0 Å². The fraction of sp³-hybridized carbons (Fsp3) is 0.750. The van der Waals surface area contributed by atoms with E-state index in [2.05, 4.69) is 34.6 Å². The van der Waals surface area contributed by atoms with Gasteiger partial charge >= 0.3 is 5.97 Å². The molecule has 3 aliphatic carbocycles. The SMILES string of the molecule is COC(=O)c1ccc2c(c1)C[C@H]1[C@]3(C)C[C@@H](O)[C@H]4C(C)(C)CC[C@@H](O)[C@]4(C)[C@H]3CC[C@]1(C)O2. The van der Waals surface area contributed by atoms with Crippen LogP contribution in [0.15, 0.2) is 18.2 Å². The summed E-state index contributed by atoms with van der Waals surface area (Å²) >= 11 is 0. The Morgan fingerprint density at radius 1 is 1.06 bits per heavy atom. The van der Waals surface area contributed by atoms with Gasteiger partial charge in [-0.05, 0) is 91.9 Å². The van der Waals surface area contributed by atoms with Gasteiger partial charge in [0.1, 0.15) is 11.4 Å². The molecule has 8 atom stereocenters. The van der Waals surface area contributed by atoms with E-state index in [4.69, 9.17) is 9.47 Å². The van der Waals surface area contributed by atoms with E-state index in [9.17, 15) is 15.0 Å². The van der Waals surface area contributed by atoms with E-state index in [1.54, 1.807) is 6.07 Å². The maximum atomic E-state index is 12.2. The predicted octanol–water partition coefficient (Wildman–Crippen LogP) is 4.77. The predicted molar refractivity (Wildman–Crippen MR) is 126 cm³/mol. The molecule has 3 saturated carbocycles. The molecule has 0 radical (unpaired) electrons. The first kappa shape index (κ1) is 23.2. The summed E-state index contributed by atoms with van der Waals surface area (Å²) in [6.45, 7) is 11.4. The standard InChI is InChI=1S/C28H40O5/c1-25(2)11-10-22(30)28(5)20-9-12-27(4)21(26(20,3)15-18(29)23(25)28)14-17-13-16(24(31)32-6)7-8-19(17)33-27/h7-8,13,18,20-23,29-30H,9-12,14-15H2,1-6H3/t18-,20+,21+,22-,23+,26-,27+,28+/m1/s1. The number of benzene rings is 1. The van der Waals surface area contributed by atoms with E-state index < -0.39 is 12.2 Å². The second-order valence-corrected chi connectivity index (χ2v) is 12.7. The summed E-state index contributed by atoms with van der Waals surface area (Å²) in [5.74, 6) is 1.09. The average Bonchev–Trinajstić information content (AvgIpc) is 2.74. The van der Waals surface area contributed by atoms with Gasteiger partial charge in [0.2, 0.25) is 0 Å². The fourth-order valence-corrected chi connectivity index (χ4v) is 9.28. The molecule has 3 fully saturated rings. The van der Waals surface area contributed by atoms with E-state index >= 15 is 0 Å². The number of carbonyl (C=O) groups excluding carboxylic acids is 1. The Morgan fingerprint density at radius 2 is 1.79 bits per heavy atom. The molecular weight excluding hydrogens is 416 g/mol. The number of hydrogen-bond donors (Lipinski definition) is 2. The normalized spacial score (nSPS) is 45.5. The van der Waals surface area contributed by atoms with Crippen molar-refractivity contribution in [3.63, 3.8) is 0 Å². The zero-order chi connectivity index (χ0) is 24.0. The molecule has 1 aromatic carbocycles. The van der Waals surface area contributed by atoms with Crippen LogP contribution in [0.4, 0.5) is 0 Å². The van der Waals surface area contributed by atoms with E-state index in [1.807, 2.05) is 12.1 Å². The molecule has 5 heteroatoms. The van der Waals surface area contributed by atoms with Crippen LogP contribution in [-0.2, 0) is 11.2 Å². The molecule has 4 aliphatic rings. The van der Waals surface area contributed by atoms with Gasteiger partial charge in [0.15, 0.2) is 0 Å². The molecule has 1 aromatic rings. The molecule has 5 nitrogen and oxygen atoms in total. The summed E-state index contributed by atoms with van der Waals surface area (Å²) < 4.78 is 11.6. The minimum atomic E-state index is -0.452. The molecule has 0 bridgehead atoms. The lowest BCUT2D eigenvalue weighted by Gasteiger charge is -2.70. The van der Waals surface area contributed by atoms with Crippen LogP contribution in [0, 0.1) is 34.0 Å². The molecule has 5 rings (SSSR count). The van der Waals surface area contributed by atoms with Gasteiger partial charge in [-0.2, -0.15) is 0 Å². The number of aliphatic hydroxyl groups excluding tert-OH is 2. The highest BCUT2D eigenvalue weighted by Crippen LogP contribution is 2.70. The van der Waals surface area contributed by atoms with Gasteiger partial charge in [-0.1, -0.05) is 27.7 Å². The molecule has 0 amide bonds. The number of methoxy groups -OCH3 is 1. The molecular formula is C28H40O5. The first-order chi connectivity index (χ1) is 15.4. The fourth-order valence-electron chi connectivity index (χ4n) is 9.28. The Labute approximate surface area is 197 Å². The summed E-state index contributed by atoms with van der Waals surface area (Å²) in [5, 5.41) is 23.0. The molecule has 33 heavy (non-hydrogen) atoms. The topological polar surface area (TPSA) is 76.0 Å². The molecule has 1 aliphatic heterocycles. The van der Waals surface area contributed by atoms with Gasteiger partial charge in [0, 0.05) is 11.3 Å². The van der Waals surface area contributed by atoms with Crippen LogP contribution in [0.2, 0.25) is 0 Å². The van der Waals surface area contributed by atoms with Crippen molar-refractivity contribution in [1.29, 1.82) is 0 Å². The highest BCUT2D eigenvalue weighted by Gasteiger charge is 2.69. The number of ether oxygens (including phenoxy) is 2. The zero-order valence-corrected chi connectivity index (χ0v) is 21.0. The number of hydrogen-bond acceptors (Lipinski definition) is 5. The van der Waals surface area contributed by atoms with Crippen LogP contribution in [0.1, 0.15) is 82.6 Å². The van der Waals surface area contributed by atoms with Crippen LogP contribution in [0.3, 0.4) is 0 Å². The van der Waals surface area contributed by atoms with Crippen molar-refractivity contribution in [3.05, 3.63) is 29.3 Å². The van der Waals surface area contributed by atoms with Gasteiger partial charge in [-0.25, -0.2) is 4.79 Å². The highest BCUT2D eigenvalue weighted by molar-refractivity contribution is 5.89. The molecule has 1 heterocycles. The van der Waals surface area contributed by atoms with E-state index in [1.165, 1.54) is 7.11 Å². The quantitative estimate of drug-likeness (QED) is 0.596. The third kappa shape index (κ3) is 3.07. The van der Waals surface area contributed by atoms with Gasteiger partial charge < -0.3 is 19.7 Å². The van der Waals surface area contributed by atoms with Crippen molar-refractivity contribution < 1.29 is 24.5 Å². The number of fused-ring (bicyclic) bond motifs is 6. The van der Waals surface area contributed by atoms with Crippen molar-refractivity contribution in [2.75, 3.05) is 7.11 Å². The number of carbonyl (C=O) groups is 1. The third-order valence-electron chi connectivity index (χ3n) is 10.6. The van der Waals surface area contributed by atoms with Crippen molar-refractivity contribution in [1.82, 2.24) is 0 Å². The van der Waals surface area contributed by atoms with Crippen LogP contribution in [-0.4, -0.2) is 41.1 Å². The minimum Gasteiger partial charge on any atom is -0.487 e. The Morgan fingerprint density at radius 3 is 2.48 bits per heavy atom. The lowest BCUT2D eigenvalue weighted by molar-refractivity contribution is -0.268. The summed E-state index contributed by atoms with van der Waals surface area (Å²) in [4.78, 5) is 12.2. The maximum absolute atomic E-state index is 12.2. The number of aliphatic hydroxyl groups is 2. The molecule has 182 valence electrons. The third-order valence-corrected chi connectivity index (χ3v) is 10.6. The number of rotatable bonds is 1. The molecule has 2 N–H and O–H groups in total. The van der Waals surface area contributed by atoms with Crippen LogP contribution >= 0.6 is 0 Å². The number of esters is 1. The summed E-state index contributed by atoms with van der Waals surface area (Å²) in [6, 6.07) is 5.59.